The van der Waals surface area contributed by atoms with Gasteiger partial charge in [0.2, 0.25) is 10.0 Å². The number of aliphatic hydroxyl groups is 1. The van der Waals surface area contributed by atoms with Crippen LogP contribution in [-0.4, -0.2) is 37.5 Å². The number of nitrogens with zero attached hydrogens (tertiary/aromatic N) is 1. The molecule has 0 aliphatic carbocycles. The molecule has 0 spiro atoms. The second kappa shape index (κ2) is 5.30. The second-order valence-corrected chi connectivity index (χ2v) is 6.13. The number of likely N-dealkylation sites (N-methyl/N-ethyl adjacent to an activating group) is 1. The summed E-state index contributed by atoms with van der Waals surface area (Å²) in [6, 6.07) is 3.06. The number of benzene rings is 1. The predicted molar refractivity (Wildman–Crippen MR) is 62.9 cm³/mol. The van der Waals surface area contributed by atoms with Crippen LogP contribution >= 0.6 is 11.6 Å². The van der Waals surface area contributed by atoms with Crippen LogP contribution in [0.2, 0.25) is 5.02 Å². The molecule has 17 heavy (non-hydrogen) atoms. The topological polar surface area (TPSA) is 57.6 Å². The molecule has 0 aromatic heterocycles. The summed E-state index contributed by atoms with van der Waals surface area (Å²) >= 11 is 5.69. The minimum atomic E-state index is -3.81. The van der Waals surface area contributed by atoms with Crippen LogP contribution in [0.1, 0.15) is 6.92 Å². The van der Waals surface area contributed by atoms with Crippen molar-refractivity contribution in [3.8, 4) is 0 Å². The summed E-state index contributed by atoms with van der Waals surface area (Å²) in [5, 5.41) is 8.97. The molecule has 0 amide bonds. The smallest absolute Gasteiger partial charge is 0.244 e. The normalized spacial score (nSPS) is 14.0. The molecule has 0 bridgehead atoms. The van der Waals surface area contributed by atoms with E-state index in [-0.39, 0.29) is 16.5 Å². The Bertz CT molecular complexity index is 504. The van der Waals surface area contributed by atoms with Crippen molar-refractivity contribution >= 4 is 21.6 Å². The predicted octanol–water partition coefficient (Wildman–Crippen LogP) is 1.48. The molecule has 0 radical (unpaired) electrons. The molecule has 7 heteroatoms. The minimum absolute atomic E-state index is 0.0595. The molecule has 0 fully saturated rings. The van der Waals surface area contributed by atoms with Gasteiger partial charge in [0.25, 0.3) is 0 Å². The van der Waals surface area contributed by atoms with Crippen molar-refractivity contribution in [1.29, 1.82) is 0 Å². The minimum Gasteiger partial charge on any atom is -0.392 e. The number of rotatable bonds is 4. The summed E-state index contributed by atoms with van der Waals surface area (Å²) in [6.07, 6.45) is -0.797. The average molecular weight is 282 g/mol. The van der Waals surface area contributed by atoms with Gasteiger partial charge in [-0.1, -0.05) is 11.6 Å². The van der Waals surface area contributed by atoms with E-state index in [0.717, 1.165) is 22.5 Å². The van der Waals surface area contributed by atoms with Crippen molar-refractivity contribution < 1.29 is 17.9 Å². The molecule has 0 aliphatic heterocycles. The Morgan fingerprint density at radius 3 is 2.59 bits per heavy atom. The highest BCUT2D eigenvalue weighted by Gasteiger charge is 2.24. The average Bonchev–Trinajstić information content (AvgIpc) is 2.15. The fourth-order valence-electron chi connectivity index (χ4n) is 1.32. The zero-order valence-corrected chi connectivity index (χ0v) is 11.0. The van der Waals surface area contributed by atoms with Crippen molar-refractivity contribution in [2.45, 2.75) is 17.9 Å². The van der Waals surface area contributed by atoms with Gasteiger partial charge in [0.1, 0.15) is 10.7 Å². The summed E-state index contributed by atoms with van der Waals surface area (Å²) in [6.45, 7) is 1.41. The van der Waals surface area contributed by atoms with Crippen molar-refractivity contribution in [2.24, 2.45) is 0 Å². The first-order valence-electron chi connectivity index (χ1n) is 4.84. The first-order valence-corrected chi connectivity index (χ1v) is 6.66. The third-order valence-electron chi connectivity index (χ3n) is 2.10. The van der Waals surface area contributed by atoms with E-state index in [2.05, 4.69) is 0 Å². The lowest BCUT2D eigenvalue weighted by molar-refractivity contribution is 0.171. The van der Waals surface area contributed by atoms with Crippen LogP contribution in [0, 0.1) is 5.82 Å². The van der Waals surface area contributed by atoms with E-state index in [1.54, 1.807) is 0 Å². The lowest BCUT2D eigenvalue weighted by Crippen LogP contribution is -2.33. The van der Waals surface area contributed by atoms with Gasteiger partial charge in [0.15, 0.2) is 0 Å². The molecule has 1 aromatic rings. The summed E-state index contributed by atoms with van der Waals surface area (Å²) in [5.74, 6) is -0.605. The van der Waals surface area contributed by atoms with Crippen LogP contribution in [0.5, 0.6) is 0 Å². The standard InChI is InChI=1S/C10H13ClFNO3S/c1-7(14)6-13(2)17(15,16)10-4-3-8(12)5-9(10)11/h3-5,7,14H,6H2,1-2H3. The first-order chi connectivity index (χ1) is 7.75. The van der Waals surface area contributed by atoms with Gasteiger partial charge in [-0.2, -0.15) is 4.31 Å². The lowest BCUT2D eigenvalue weighted by Gasteiger charge is -2.19. The maximum Gasteiger partial charge on any atom is 0.244 e. The Balaban J connectivity index is 3.13. The second-order valence-electron chi connectivity index (χ2n) is 3.71. The monoisotopic (exact) mass is 281 g/mol. The molecule has 0 heterocycles. The Kier molecular flexibility index (Phi) is 4.48. The molecular weight excluding hydrogens is 269 g/mol. The van der Waals surface area contributed by atoms with Gasteiger partial charge in [0, 0.05) is 13.6 Å². The summed E-state index contributed by atoms with van der Waals surface area (Å²) in [7, 11) is -2.49. The highest BCUT2D eigenvalue weighted by Crippen LogP contribution is 2.24. The van der Waals surface area contributed by atoms with Crippen molar-refractivity contribution in [3.05, 3.63) is 29.0 Å². The molecule has 1 aromatic carbocycles. The van der Waals surface area contributed by atoms with Gasteiger partial charge in [-0.15, -0.1) is 0 Å². The van der Waals surface area contributed by atoms with Crippen LogP contribution in [-0.2, 0) is 10.0 Å². The zero-order chi connectivity index (χ0) is 13.2. The Labute approximate surface area is 105 Å². The quantitative estimate of drug-likeness (QED) is 0.909. The number of aliphatic hydroxyl groups excluding tert-OH is 1. The first kappa shape index (κ1) is 14.4. The number of hydrogen-bond acceptors (Lipinski definition) is 3. The molecule has 1 N–H and O–H groups in total. The molecule has 0 aliphatic rings. The van der Waals surface area contributed by atoms with E-state index >= 15 is 0 Å². The highest BCUT2D eigenvalue weighted by molar-refractivity contribution is 7.89. The summed E-state index contributed by atoms with van der Waals surface area (Å²) in [5.41, 5.74) is 0. The fraction of sp³-hybridized carbons (Fsp3) is 0.400. The molecule has 96 valence electrons. The van der Waals surface area contributed by atoms with E-state index in [1.807, 2.05) is 0 Å². The van der Waals surface area contributed by atoms with Gasteiger partial charge >= 0.3 is 0 Å². The van der Waals surface area contributed by atoms with E-state index in [4.69, 9.17) is 16.7 Å². The van der Waals surface area contributed by atoms with Crippen LogP contribution in [0.25, 0.3) is 0 Å². The number of hydrogen-bond donors (Lipinski definition) is 1. The van der Waals surface area contributed by atoms with Gasteiger partial charge < -0.3 is 5.11 Å². The number of sulfonamides is 1. The third kappa shape index (κ3) is 3.38. The van der Waals surface area contributed by atoms with Gasteiger partial charge in [-0.3, -0.25) is 0 Å². The van der Waals surface area contributed by atoms with Gasteiger partial charge in [-0.25, -0.2) is 12.8 Å². The van der Waals surface area contributed by atoms with E-state index in [0.29, 0.717) is 0 Å². The Morgan fingerprint density at radius 2 is 2.12 bits per heavy atom. The largest absolute Gasteiger partial charge is 0.392 e. The lowest BCUT2D eigenvalue weighted by atomic mass is 10.3. The van der Waals surface area contributed by atoms with Crippen LogP contribution in [0.4, 0.5) is 4.39 Å². The summed E-state index contributed by atoms with van der Waals surface area (Å²) in [4.78, 5) is -0.177. The highest BCUT2D eigenvalue weighted by atomic mass is 35.5. The zero-order valence-electron chi connectivity index (χ0n) is 9.39. The maximum atomic E-state index is 12.8. The van der Waals surface area contributed by atoms with E-state index in [9.17, 15) is 12.8 Å². The van der Waals surface area contributed by atoms with Crippen LogP contribution in [0.15, 0.2) is 23.1 Å². The van der Waals surface area contributed by atoms with Crippen molar-refractivity contribution in [2.75, 3.05) is 13.6 Å². The fourth-order valence-corrected chi connectivity index (χ4v) is 3.08. The molecular formula is C10H13ClFNO3S. The molecule has 0 saturated carbocycles. The molecule has 1 rings (SSSR count). The Hall–Kier alpha value is -0.690. The Morgan fingerprint density at radius 1 is 1.53 bits per heavy atom. The van der Waals surface area contributed by atoms with Crippen molar-refractivity contribution in [1.82, 2.24) is 4.31 Å². The van der Waals surface area contributed by atoms with E-state index in [1.165, 1.54) is 14.0 Å². The molecule has 0 saturated heterocycles. The molecule has 1 unspecified atom stereocenters. The van der Waals surface area contributed by atoms with Crippen LogP contribution in [0.3, 0.4) is 0 Å². The van der Waals surface area contributed by atoms with E-state index < -0.39 is 21.9 Å². The van der Waals surface area contributed by atoms with Crippen molar-refractivity contribution in [3.63, 3.8) is 0 Å². The number of halogens is 2. The maximum absolute atomic E-state index is 12.8. The van der Waals surface area contributed by atoms with Gasteiger partial charge in [0.05, 0.1) is 11.1 Å². The van der Waals surface area contributed by atoms with Gasteiger partial charge in [-0.05, 0) is 25.1 Å². The van der Waals surface area contributed by atoms with Crippen LogP contribution < -0.4 is 0 Å². The third-order valence-corrected chi connectivity index (χ3v) is 4.41. The molecule has 1 atom stereocenters. The summed E-state index contributed by atoms with van der Waals surface area (Å²) < 4.78 is 37.8. The molecule has 4 nitrogen and oxygen atoms in total. The SMILES string of the molecule is CC(O)CN(C)S(=O)(=O)c1ccc(F)cc1Cl.